The zero-order valence-electron chi connectivity index (χ0n) is 14.2. The van der Waals surface area contributed by atoms with Crippen LogP contribution in [-0.4, -0.2) is 20.8 Å². The van der Waals surface area contributed by atoms with Crippen LogP contribution in [0.4, 0.5) is 13.2 Å². The Morgan fingerprint density at radius 1 is 1.08 bits per heavy atom. The highest BCUT2D eigenvalue weighted by Crippen LogP contribution is 2.30. The highest BCUT2D eigenvalue weighted by molar-refractivity contribution is 5.94. The number of fused-ring (bicyclic) bond motifs is 1. The maximum absolute atomic E-state index is 12.6. The summed E-state index contributed by atoms with van der Waals surface area (Å²) in [4.78, 5) is 23.0. The molecule has 1 aromatic heterocycles. The summed E-state index contributed by atoms with van der Waals surface area (Å²) in [6.45, 7) is 6.72. The molecule has 0 bridgehead atoms. The summed E-state index contributed by atoms with van der Waals surface area (Å²) in [5.41, 5.74) is 0.924. The Balaban J connectivity index is 1.78. The number of carbonyl (C=O) groups is 1. The van der Waals surface area contributed by atoms with E-state index in [4.69, 9.17) is 0 Å². The number of hydrogen-bond donors (Lipinski definition) is 0. The molecule has 0 saturated carbocycles. The molecule has 132 valence electrons. The normalized spacial score (nSPS) is 14.6. The van der Waals surface area contributed by atoms with E-state index in [9.17, 15) is 18.0 Å². The van der Waals surface area contributed by atoms with E-state index in [0.29, 0.717) is 18.9 Å². The van der Waals surface area contributed by atoms with Crippen molar-refractivity contribution in [3.8, 4) is 0 Å². The van der Waals surface area contributed by atoms with Crippen molar-refractivity contribution in [2.45, 2.75) is 45.5 Å². The van der Waals surface area contributed by atoms with Crippen molar-refractivity contribution in [2.24, 2.45) is 0 Å². The van der Waals surface area contributed by atoms with Crippen LogP contribution < -0.4 is 0 Å². The van der Waals surface area contributed by atoms with Gasteiger partial charge in [-0.2, -0.15) is 13.2 Å². The van der Waals surface area contributed by atoms with Gasteiger partial charge in [0.1, 0.15) is 5.82 Å². The third-order valence-electron chi connectivity index (χ3n) is 4.07. The maximum Gasteiger partial charge on any atom is 0.416 e. The third kappa shape index (κ3) is 3.50. The quantitative estimate of drug-likeness (QED) is 0.783. The highest BCUT2D eigenvalue weighted by Gasteiger charge is 2.31. The topological polar surface area (TPSA) is 46.1 Å². The van der Waals surface area contributed by atoms with E-state index in [-0.39, 0.29) is 16.9 Å². The largest absolute Gasteiger partial charge is 0.416 e. The fourth-order valence-electron chi connectivity index (χ4n) is 2.64. The van der Waals surface area contributed by atoms with Crippen LogP contribution in [0.25, 0.3) is 0 Å². The third-order valence-corrected chi connectivity index (χ3v) is 4.07. The SMILES string of the molecule is CC(C)(C)c1ncc2c(n1)CN(C(=O)c1ccc(C(F)(F)F)cc1)C2. The zero-order chi connectivity index (χ0) is 18.4. The van der Waals surface area contributed by atoms with Gasteiger partial charge in [0.2, 0.25) is 0 Å². The first-order chi connectivity index (χ1) is 11.6. The Hall–Kier alpha value is -2.44. The zero-order valence-corrected chi connectivity index (χ0v) is 14.2. The molecule has 0 spiro atoms. The molecule has 0 radical (unpaired) electrons. The molecule has 0 N–H and O–H groups in total. The molecule has 1 aromatic carbocycles. The average molecular weight is 349 g/mol. The first-order valence-electron chi connectivity index (χ1n) is 7.87. The molecule has 4 nitrogen and oxygen atoms in total. The summed E-state index contributed by atoms with van der Waals surface area (Å²) in [5, 5.41) is 0. The lowest BCUT2D eigenvalue weighted by Gasteiger charge is -2.16. The number of aromatic nitrogens is 2. The summed E-state index contributed by atoms with van der Waals surface area (Å²) < 4.78 is 37.9. The molecule has 0 fully saturated rings. The number of hydrogen-bond acceptors (Lipinski definition) is 3. The van der Waals surface area contributed by atoms with E-state index in [1.807, 2.05) is 20.8 Å². The lowest BCUT2D eigenvalue weighted by Crippen LogP contribution is -2.25. The Kier molecular flexibility index (Phi) is 4.05. The van der Waals surface area contributed by atoms with E-state index in [1.165, 1.54) is 12.1 Å². The van der Waals surface area contributed by atoms with Crippen LogP contribution in [0.15, 0.2) is 30.5 Å². The Bertz CT molecular complexity index is 808. The molecule has 0 unspecified atom stereocenters. The summed E-state index contributed by atoms with van der Waals surface area (Å²) in [7, 11) is 0. The summed E-state index contributed by atoms with van der Waals surface area (Å²) in [6, 6.07) is 4.27. The van der Waals surface area contributed by atoms with Crippen molar-refractivity contribution >= 4 is 5.91 Å². The van der Waals surface area contributed by atoms with Crippen LogP contribution in [0.1, 0.15) is 53.8 Å². The Morgan fingerprint density at radius 2 is 1.72 bits per heavy atom. The van der Waals surface area contributed by atoms with Crippen LogP contribution in [-0.2, 0) is 24.7 Å². The van der Waals surface area contributed by atoms with Crippen LogP contribution in [0.3, 0.4) is 0 Å². The average Bonchev–Trinajstić information content (AvgIpc) is 2.95. The predicted octanol–water partition coefficient (Wildman–Crippen LogP) is 3.95. The van der Waals surface area contributed by atoms with Gasteiger partial charge in [-0.15, -0.1) is 0 Å². The number of nitrogens with zero attached hydrogens (tertiary/aromatic N) is 3. The molecule has 0 saturated heterocycles. The molecule has 0 atom stereocenters. The first-order valence-corrected chi connectivity index (χ1v) is 7.87. The van der Waals surface area contributed by atoms with Crippen molar-refractivity contribution in [3.05, 3.63) is 58.7 Å². The molecule has 1 aliphatic heterocycles. The van der Waals surface area contributed by atoms with Crippen molar-refractivity contribution in [1.29, 1.82) is 0 Å². The van der Waals surface area contributed by atoms with Gasteiger partial charge in [-0.25, -0.2) is 9.97 Å². The van der Waals surface area contributed by atoms with Crippen LogP contribution in [0, 0.1) is 0 Å². The fraction of sp³-hybridized carbons (Fsp3) is 0.389. The van der Waals surface area contributed by atoms with Gasteiger partial charge in [-0.05, 0) is 24.3 Å². The van der Waals surface area contributed by atoms with E-state index in [0.717, 1.165) is 23.4 Å². The van der Waals surface area contributed by atoms with Crippen molar-refractivity contribution in [2.75, 3.05) is 0 Å². The van der Waals surface area contributed by atoms with Crippen LogP contribution in [0.5, 0.6) is 0 Å². The van der Waals surface area contributed by atoms with Gasteiger partial charge in [0.25, 0.3) is 5.91 Å². The fourth-order valence-corrected chi connectivity index (χ4v) is 2.64. The van der Waals surface area contributed by atoms with Gasteiger partial charge in [0.05, 0.1) is 17.8 Å². The second-order valence-electron chi connectivity index (χ2n) is 7.15. The molecule has 1 aliphatic rings. The molecule has 3 rings (SSSR count). The minimum Gasteiger partial charge on any atom is -0.328 e. The van der Waals surface area contributed by atoms with Crippen molar-refractivity contribution in [1.82, 2.24) is 14.9 Å². The molecule has 1 amide bonds. The molecule has 2 aromatic rings. The van der Waals surface area contributed by atoms with Gasteiger partial charge < -0.3 is 4.90 Å². The second-order valence-corrected chi connectivity index (χ2v) is 7.15. The van der Waals surface area contributed by atoms with E-state index in [1.54, 1.807) is 11.1 Å². The minimum atomic E-state index is -4.41. The molecular weight excluding hydrogens is 331 g/mol. The highest BCUT2D eigenvalue weighted by atomic mass is 19.4. The van der Waals surface area contributed by atoms with E-state index < -0.39 is 11.7 Å². The summed E-state index contributed by atoms with van der Waals surface area (Å²) in [6.07, 6.45) is -2.69. The monoisotopic (exact) mass is 349 g/mol. The number of alkyl halides is 3. The molecule has 25 heavy (non-hydrogen) atoms. The summed E-state index contributed by atoms with van der Waals surface area (Å²) >= 11 is 0. The molecule has 7 heteroatoms. The van der Waals surface area contributed by atoms with E-state index in [2.05, 4.69) is 9.97 Å². The number of carbonyl (C=O) groups excluding carboxylic acids is 1. The van der Waals surface area contributed by atoms with E-state index >= 15 is 0 Å². The maximum atomic E-state index is 12.6. The number of halogens is 3. The van der Waals surface area contributed by atoms with Crippen molar-refractivity contribution < 1.29 is 18.0 Å². The Morgan fingerprint density at radius 3 is 2.28 bits per heavy atom. The van der Waals surface area contributed by atoms with Gasteiger partial charge in [0, 0.05) is 29.3 Å². The standard InChI is InChI=1S/C18H18F3N3O/c1-17(2,3)16-22-8-12-9-24(10-14(12)23-16)15(25)11-4-6-13(7-5-11)18(19,20)21/h4-8H,9-10H2,1-3H3. The number of amides is 1. The molecule has 2 heterocycles. The molecule has 0 aliphatic carbocycles. The number of benzene rings is 1. The van der Waals surface area contributed by atoms with Crippen molar-refractivity contribution in [3.63, 3.8) is 0 Å². The number of rotatable bonds is 1. The smallest absolute Gasteiger partial charge is 0.328 e. The van der Waals surface area contributed by atoms with Gasteiger partial charge >= 0.3 is 6.18 Å². The van der Waals surface area contributed by atoms with Crippen LogP contribution in [0.2, 0.25) is 0 Å². The molecular formula is C18H18F3N3O. The minimum absolute atomic E-state index is 0.195. The Labute approximate surface area is 143 Å². The predicted molar refractivity (Wildman–Crippen MR) is 85.8 cm³/mol. The lowest BCUT2D eigenvalue weighted by atomic mass is 9.95. The first kappa shape index (κ1) is 17.4. The van der Waals surface area contributed by atoms with Crippen LogP contribution >= 0.6 is 0 Å². The van der Waals surface area contributed by atoms with Gasteiger partial charge in [-0.1, -0.05) is 20.8 Å². The van der Waals surface area contributed by atoms with Gasteiger partial charge in [0.15, 0.2) is 0 Å². The summed E-state index contributed by atoms with van der Waals surface area (Å²) in [5.74, 6) is 0.388. The second kappa shape index (κ2) is 5.82. The lowest BCUT2D eigenvalue weighted by molar-refractivity contribution is -0.137. The van der Waals surface area contributed by atoms with Gasteiger partial charge in [-0.3, -0.25) is 4.79 Å².